The van der Waals surface area contributed by atoms with E-state index in [4.69, 9.17) is 0 Å². The maximum Gasteiger partial charge on any atom is 0.446 e. The number of halogens is 3. The summed E-state index contributed by atoms with van der Waals surface area (Å²) in [5, 5.41) is 10.2. The first-order valence-corrected chi connectivity index (χ1v) is 6.77. The molecule has 0 heterocycles. The van der Waals surface area contributed by atoms with Gasteiger partial charge >= 0.3 is 5.51 Å². The van der Waals surface area contributed by atoms with Crippen molar-refractivity contribution in [1.29, 1.82) is 0 Å². The molecule has 2 rings (SSSR count). The van der Waals surface area contributed by atoms with E-state index in [1.807, 2.05) is 19.1 Å². The molecular formula is C15H13F3OS. The van der Waals surface area contributed by atoms with E-state index < -0.39 is 11.6 Å². The van der Waals surface area contributed by atoms with Gasteiger partial charge in [0.15, 0.2) is 0 Å². The number of hydrogen-bond donors (Lipinski definition) is 1. The average Bonchev–Trinajstić information content (AvgIpc) is 2.38. The van der Waals surface area contributed by atoms with Crippen molar-refractivity contribution in [2.45, 2.75) is 23.4 Å². The molecule has 1 atom stereocenters. The Kier molecular flexibility index (Phi) is 4.40. The summed E-state index contributed by atoms with van der Waals surface area (Å²) in [6.07, 6.45) is -0.833. The van der Waals surface area contributed by atoms with Crippen LogP contribution in [0.25, 0.3) is 0 Å². The second kappa shape index (κ2) is 5.89. The van der Waals surface area contributed by atoms with Crippen LogP contribution < -0.4 is 0 Å². The van der Waals surface area contributed by atoms with Crippen LogP contribution in [0.15, 0.2) is 53.4 Å². The highest BCUT2D eigenvalue weighted by molar-refractivity contribution is 8.00. The molecule has 0 aliphatic carbocycles. The fourth-order valence-corrected chi connectivity index (χ4v) is 2.33. The van der Waals surface area contributed by atoms with Gasteiger partial charge in [0, 0.05) is 4.90 Å². The van der Waals surface area contributed by atoms with Crippen LogP contribution in [-0.2, 0) is 0 Å². The molecule has 5 heteroatoms. The van der Waals surface area contributed by atoms with Gasteiger partial charge in [-0.15, -0.1) is 0 Å². The van der Waals surface area contributed by atoms with Crippen molar-refractivity contribution in [3.63, 3.8) is 0 Å². The Hall–Kier alpha value is -1.46. The van der Waals surface area contributed by atoms with Crippen molar-refractivity contribution in [2.75, 3.05) is 0 Å². The standard InChI is InChI=1S/C15H13F3OS/c1-10-2-4-11(5-3-10)14(19)12-6-8-13(9-7-12)20-15(16,17)18/h2-9,14,19H,1H3. The summed E-state index contributed by atoms with van der Waals surface area (Å²) in [6.45, 7) is 1.94. The molecule has 0 aliphatic rings. The van der Waals surface area contributed by atoms with E-state index in [1.165, 1.54) is 24.3 Å². The van der Waals surface area contributed by atoms with Gasteiger partial charge in [-0.3, -0.25) is 0 Å². The molecule has 0 saturated heterocycles. The molecule has 1 nitrogen and oxygen atoms in total. The van der Waals surface area contributed by atoms with Crippen LogP contribution in [0.5, 0.6) is 0 Å². The highest BCUT2D eigenvalue weighted by Gasteiger charge is 2.29. The molecule has 0 radical (unpaired) electrons. The number of benzene rings is 2. The third-order valence-electron chi connectivity index (χ3n) is 2.82. The molecule has 0 aliphatic heterocycles. The van der Waals surface area contributed by atoms with Gasteiger partial charge in [0.1, 0.15) is 6.10 Å². The Bertz CT molecular complexity index is 561. The smallest absolute Gasteiger partial charge is 0.384 e. The third-order valence-corrected chi connectivity index (χ3v) is 3.56. The predicted molar refractivity (Wildman–Crippen MR) is 73.6 cm³/mol. The van der Waals surface area contributed by atoms with Crippen molar-refractivity contribution < 1.29 is 18.3 Å². The number of alkyl halides is 3. The number of thioether (sulfide) groups is 1. The van der Waals surface area contributed by atoms with Gasteiger partial charge in [-0.25, -0.2) is 0 Å². The topological polar surface area (TPSA) is 20.2 Å². The number of hydrogen-bond acceptors (Lipinski definition) is 2. The van der Waals surface area contributed by atoms with E-state index in [0.717, 1.165) is 5.56 Å². The zero-order chi connectivity index (χ0) is 14.8. The summed E-state index contributed by atoms with van der Waals surface area (Å²) in [6, 6.07) is 13.1. The molecule has 2 aromatic carbocycles. The van der Waals surface area contributed by atoms with Crippen molar-refractivity contribution in [3.05, 3.63) is 65.2 Å². The number of aliphatic hydroxyl groups excluding tert-OH is 1. The lowest BCUT2D eigenvalue weighted by molar-refractivity contribution is -0.0328. The van der Waals surface area contributed by atoms with Gasteiger partial charge in [-0.2, -0.15) is 13.2 Å². The van der Waals surface area contributed by atoms with E-state index in [-0.39, 0.29) is 16.7 Å². The molecule has 0 spiro atoms. The van der Waals surface area contributed by atoms with E-state index in [9.17, 15) is 18.3 Å². The predicted octanol–water partition coefficient (Wildman–Crippen LogP) is 4.69. The maximum absolute atomic E-state index is 12.2. The normalized spacial score (nSPS) is 13.2. The molecule has 1 N–H and O–H groups in total. The third kappa shape index (κ3) is 4.02. The van der Waals surface area contributed by atoms with Crippen molar-refractivity contribution in [1.82, 2.24) is 0 Å². The first kappa shape index (κ1) is 14.9. The van der Waals surface area contributed by atoms with Gasteiger partial charge in [-0.05, 0) is 41.9 Å². The molecule has 2 aromatic rings. The Balaban J connectivity index is 2.15. The summed E-state index contributed by atoms with van der Waals surface area (Å²) in [5.41, 5.74) is -1.93. The molecule has 0 saturated carbocycles. The van der Waals surface area contributed by atoms with Crippen LogP contribution in [0.1, 0.15) is 22.8 Å². The van der Waals surface area contributed by atoms with Crippen LogP contribution in [0.3, 0.4) is 0 Å². The molecule has 0 fully saturated rings. The Labute approximate surface area is 119 Å². The Morgan fingerprint density at radius 2 is 1.35 bits per heavy atom. The van der Waals surface area contributed by atoms with Gasteiger partial charge in [0.2, 0.25) is 0 Å². The zero-order valence-corrected chi connectivity index (χ0v) is 11.5. The van der Waals surface area contributed by atoms with E-state index in [1.54, 1.807) is 12.1 Å². The SMILES string of the molecule is Cc1ccc(C(O)c2ccc(SC(F)(F)F)cc2)cc1. The van der Waals surface area contributed by atoms with Gasteiger partial charge in [-0.1, -0.05) is 42.0 Å². The monoisotopic (exact) mass is 298 g/mol. The van der Waals surface area contributed by atoms with Crippen LogP contribution in [0, 0.1) is 6.92 Å². The second-order valence-electron chi connectivity index (χ2n) is 4.43. The van der Waals surface area contributed by atoms with Gasteiger partial charge < -0.3 is 5.11 Å². The molecule has 0 aromatic heterocycles. The van der Waals surface area contributed by atoms with Crippen molar-refractivity contribution in [2.24, 2.45) is 0 Å². The largest absolute Gasteiger partial charge is 0.446 e. The summed E-state index contributed by atoms with van der Waals surface area (Å²) in [5.74, 6) is 0. The quantitative estimate of drug-likeness (QED) is 0.830. The first-order chi connectivity index (χ1) is 9.35. The minimum absolute atomic E-state index is 0.109. The Morgan fingerprint density at radius 1 is 0.900 bits per heavy atom. The van der Waals surface area contributed by atoms with Crippen LogP contribution in [0.2, 0.25) is 0 Å². The summed E-state index contributed by atoms with van der Waals surface area (Å²) >= 11 is -0.163. The Morgan fingerprint density at radius 3 is 1.80 bits per heavy atom. The van der Waals surface area contributed by atoms with Crippen molar-refractivity contribution >= 4 is 11.8 Å². The number of rotatable bonds is 3. The molecule has 1 unspecified atom stereocenters. The summed E-state index contributed by atoms with van der Waals surface area (Å²) < 4.78 is 36.7. The second-order valence-corrected chi connectivity index (χ2v) is 5.57. The molecule has 0 amide bonds. The van der Waals surface area contributed by atoms with E-state index in [0.29, 0.717) is 11.1 Å². The molecule has 0 bridgehead atoms. The molecule has 106 valence electrons. The van der Waals surface area contributed by atoms with E-state index in [2.05, 4.69) is 0 Å². The maximum atomic E-state index is 12.2. The molecule has 20 heavy (non-hydrogen) atoms. The van der Waals surface area contributed by atoms with E-state index >= 15 is 0 Å². The van der Waals surface area contributed by atoms with Crippen LogP contribution >= 0.6 is 11.8 Å². The summed E-state index contributed by atoms with van der Waals surface area (Å²) in [7, 11) is 0. The van der Waals surface area contributed by atoms with Crippen molar-refractivity contribution in [3.8, 4) is 0 Å². The highest BCUT2D eigenvalue weighted by atomic mass is 32.2. The lowest BCUT2D eigenvalue weighted by atomic mass is 10.0. The van der Waals surface area contributed by atoms with Gasteiger partial charge in [0.25, 0.3) is 0 Å². The minimum atomic E-state index is -4.29. The zero-order valence-electron chi connectivity index (χ0n) is 10.7. The summed E-state index contributed by atoms with van der Waals surface area (Å²) in [4.78, 5) is 0.109. The fourth-order valence-electron chi connectivity index (χ4n) is 1.79. The van der Waals surface area contributed by atoms with Crippen LogP contribution in [-0.4, -0.2) is 10.6 Å². The van der Waals surface area contributed by atoms with Gasteiger partial charge in [0.05, 0.1) is 0 Å². The number of aryl methyl sites for hydroxylation is 1. The lowest BCUT2D eigenvalue weighted by Gasteiger charge is -2.12. The lowest BCUT2D eigenvalue weighted by Crippen LogP contribution is -2.01. The fraction of sp³-hybridized carbons (Fsp3) is 0.200. The molecular weight excluding hydrogens is 285 g/mol. The average molecular weight is 298 g/mol. The number of aliphatic hydroxyl groups is 1. The first-order valence-electron chi connectivity index (χ1n) is 5.95. The highest BCUT2D eigenvalue weighted by Crippen LogP contribution is 2.37. The minimum Gasteiger partial charge on any atom is -0.384 e. The van der Waals surface area contributed by atoms with Crippen LogP contribution in [0.4, 0.5) is 13.2 Å².